The summed E-state index contributed by atoms with van der Waals surface area (Å²) in [5, 5.41) is 2.86. The number of carbonyl (C=O) groups is 1. The SMILES string of the molecule is CC1(C)CCC(N)C(S(=O)CC(=O)NC2CC2)C1. The molecule has 0 spiro atoms. The zero-order chi connectivity index (χ0) is 13.3. The van der Waals surface area contributed by atoms with Crippen molar-refractivity contribution in [3.05, 3.63) is 0 Å². The molecule has 5 heteroatoms. The Morgan fingerprint density at radius 3 is 2.67 bits per heavy atom. The number of hydrogen-bond donors (Lipinski definition) is 2. The molecule has 2 fully saturated rings. The van der Waals surface area contributed by atoms with Crippen LogP contribution in [-0.4, -0.2) is 33.2 Å². The van der Waals surface area contributed by atoms with Crippen LogP contribution in [0.25, 0.3) is 0 Å². The van der Waals surface area contributed by atoms with Crippen LogP contribution in [0.4, 0.5) is 0 Å². The molecule has 18 heavy (non-hydrogen) atoms. The second-order valence-electron chi connectivity index (χ2n) is 6.48. The number of nitrogens with two attached hydrogens (primary N) is 1. The second-order valence-corrected chi connectivity index (χ2v) is 8.13. The molecule has 0 bridgehead atoms. The highest BCUT2D eigenvalue weighted by Crippen LogP contribution is 2.36. The molecule has 2 aliphatic rings. The molecular formula is C13H24N2O2S. The third-order valence-corrected chi connectivity index (χ3v) is 5.68. The second kappa shape index (κ2) is 5.29. The average Bonchev–Trinajstić information content (AvgIpc) is 3.05. The molecule has 3 N–H and O–H groups in total. The number of nitrogens with one attached hydrogen (secondary N) is 1. The number of amides is 1. The molecule has 4 nitrogen and oxygen atoms in total. The molecule has 2 rings (SSSR count). The van der Waals surface area contributed by atoms with Crippen molar-refractivity contribution in [1.82, 2.24) is 5.32 Å². The maximum atomic E-state index is 12.3. The van der Waals surface area contributed by atoms with E-state index in [-0.39, 0.29) is 28.4 Å². The van der Waals surface area contributed by atoms with E-state index in [2.05, 4.69) is 19.2 Å². The molecule has 0 aromatic carbocycles. The van der Waals surface area contributed by atoms with Crippen molar-refractivity contribution < 1.29 is 9.00 Å². The minimum absolute atomic E-state index is 0.0208. The summed E-state index contributed by atoms with van der Waals surface area (Å²) in [4.78, 5) is 11.7. The van der Waals surface area contributed by atoms with E-state index in [4.69, 9.17) is 5.73 Å². The van der Waals surface area contributed by atoms with Crippen molar-refractivity contribution in [1.29, 1.82) is 0 Å². The highest BCUT2D eigenvalue weighted by atomic mass is 32.2. The van der Waals surface area contributed by atoms with Crippen LogP contribution < -0.4 is 11.1 Å². The Bertz CT molecular complexity index is 353. The molecule has 0 saturated heterocycles. The monoisotopic (exact) mass is 272 g/mol. The maximum Gasteiger partial charge on any atom is 0.232 e. The molecule has 0 heterocycles. The third-order valence-electron chi connectivity index (χ3n) is 3.94. The number of hydrogen-bond acceptors (Lipinski definition) is 3. The third kappa shape index (κ3) is 3.79. The molecular weight excluding hydrogens is 248 g/mol. The van der Waals surface area contributed by atoms with Gasteiger partial charge in [-0.25, -0.2) is 0 Å². The first kappa shape index (κ1) is 14.0. The van der Waals surface area contributed by atoms with E-state index in [9.17, 15) is 9.00 Å². The molecule has 0 radical (unpaired) electrons. The van der Waals surface area contributed by atoms with Crippen molar-refractivity contribution in [3.8, 4) is 0 Å². The summed E-state index contributed by atoms with van der Waals surface area (Å²) in [6, 6.07) is 0.318. The molecule has 2 saturated carbocycles. The first-order valence-corrected chi connectivity index (χ1v) is 8.18. The van der Waals surface area contributed by atoms with Crippen molar-refractivity contribution in [3.63, 3.8) is 0 Å². The van der Waals surface area contributed by atoms with Gasteiger partial charge >= 0.3 is 0 Å². The van der Waals surface area contributed by atoms with Gasteiger partial charge in [-0.1, -0.05) is 13.8 Å². The summed E-state index contributed by atoms with van der Waals surface area (Å²) in [5.41, 5.74) is 6.26. The summed E-state index contributed by atoms with van der Waals surface area (Å²) < 4.78 is 12.3. The predicted molar refractivity (Wildman–Crippen MR) is 73.6 cm³/mol. The van der Waals surface area contributed by atoms with Gasteiger partial charge in [0.25, 0.3) is 0 Å². The average molecular weight is 272 g/mol. The lowest BCUT2D eigenvalue weighted by Gasteiger charge is -2.38. The van der Waals surface area contributed by atoms with Crippen LogP contribution in [0, 0.1) is 5.41 Å². The van der Waals surface area contributed by atoms with Crippen LogP contribution in [0.15, 0.2) is 0 Å². The van der Waals surface area contributed by atoms with Gasteiger partial charge < -0.3 is 11.1 Å². The van der Waals surface area contributed by atoms with E-state index in [1.165, 1.54) is 0 Å². The molecule has 3 unspecified atom stereocenters. The van der Waals surface area contributed by atoms with Crippen LogP contribution in [0.1, 0.15) is 46.0 Å². The molecule has 3 atom stereocenters. The van der Waals surface area contributed by atoms with E-state index in [1.54, 1.807) is 0 Å². The maximum absolute atomic E-state index is 12.3. The van der Waals surface area contributed by atoms with Crippen LogP contribution in [0.5, 0.6) is 0 Å². The Hall–Kier alpha value is -0.420. The lowest BCUT2D eigenvalue weighted by atomic mass is 9.75. The van der Waals surface area contributed by atoms with Gasteiger partial charge in [0, 0.05) is 22.9 Å². The smallest absolute Gasteiger partial charge is 0.232 e. The Kier molecular flexibility index (Phi) is 4.11. The summed E-state index contributed by atoms with van der Waals surface area (Å²) in [7, 11) is -1.14. The lowest BCUT2D eigenvalue weighted by molar-refractivity contribution is -0.118. The summed E-state index contributed by atoms with van der Waals surface area (Å²) in [5.74, 6) is 0.0386. The van der Waals surface area contributed by atoms with Gasteiger partial charge in [-0.05, 0) is 37.5 Å². The largest absolute Gasteiger partial charge is 0.353 e. The van der Waals surface area contributed by atoms with Gasteiger partial charge in [0.15, 0.2) is 0 Å². The van der Waals surface area contributed by atoms with Crippen molar-refractivity contribution in [2.75, 3.05) is 5.75 Å². The molecule has 0 aromatic heterocycles. The van der Waals surface area contributed by atoms with E-state index < -0.39 is 10.8 Å². The number of rotatable bonds is 4. The fourth-order valence-corrected chi connectivity index (χ4v) is 4.28. The van der Waals surface area contributed by atoms with Crippen LogP contribution in [0.2, 0.25) is 0 Å². The Morgan fingerprint density at radius 1 is 1.39 bits per heavy atom. The van der Waals surface area contributed by atoms with Gasteiger partial charge in [-0.3, -0.25) is 9.00 Å². The highest BCUT2D eigenvalue weighted by molar-refractivity contribution is 7.86. The van der Waals surface area contributed by atoms with Gasteiger partial charge in [-0.15, -0.1) is 0 Å². The van der Waals surface area contributed by atoms with Crippen LogP contribution in [-0.2, 0) is 15.6 Å². The standard InChI is InChI=1S/C13H24N2O2S/c1-13(2)6-5-10(14)11(7-13)18(17)8-12(16)15-9-3-4-9/h9-11H,3-8,14H2,1-2H3,(H,15,16). The minimum atomic E-state index is -1.14. The van der Waals surface area contributed by atoms with Crippen molar-refractivity contribution in [2.24, 2.45) is 11.1 Å². The van der Waals surface area contributed by atoms with E-state index >= 15 is 0 Å². The topological polar surface area (TPSA) is 72.2 Å². The van der Waals surface area contributed by atoms with Gasteiger partial charge in [0.05, 0.1) is 5.25 Å². The van der Waals surface area contributed by atoms with Crippen molar-refractivity contribution >= 4 is 16.7 Å². The zero-order valence-corrected chi connectivity index (χ0v) is 12.1. The van der Waals surface area contributed by atoms with E-state index in [0.29, 0.717) is 6.04 Å². The summed E-state index contributed by atoms with van der Waals surface area (Å²) in [6.45, 7) is 4.38. The highest BCUT2D eigenvalue weighted by Gasteiger charge is 2.37. The predicted octanol–water partition coefficient (Wildman–Crippen LogP) is 0.920. The number of carbonyl (C=O) groups excluding carboxylic acids is 1. The Labute approximate surface area is 112 Å². The Morgan fingerprint density at radius 2 is 2.06 bits per heavy atom. The fourth-order valence-electron chi connectivity index (χ4n) is 2.56. The molecule has 104 valence electrons. The van der Waals surface area contributed by atoms with Crippen LogP contribution >= 0.6 is 0 Å². The first-order valence-electron chi connectivity index (χ1n) is 6.79. The normalized spacial score (nSPS) is 32.8. The van der Waals surface area contributed by atoms with Gasteiger partial charge in [-0.2, -0.15) is 0 Å². The minimum Gasteiger partial charge on any atom is -0.353 e. The summed E-state index contributed by atoms with van der Waals surface area (Å²) >= 11 is 0. The van der Waals surface area contributed by atoms with E-state index in [1.807, 2.05) is 0 Å². The quantitative estimate of drug-likeness (QED) is 0.799. The molecule has 2 aliphatic carbocycles. The van der Waals surface area contributed by atoms with Gasteiger partial charge in [0.1, 0.15) is 5.75 Å². The molecule has 0 aliphatic heterocycles. The van der Waals surface area contributed by atoms with E-state index in [0.717, 1.165) is 32.1 Å². The summed E-state index contributed by atoms with van der Waals surface area (Å²) in [6.07, 6.45) is 4.98. The molecule has 0 aromatic rings. The zero-order valence-electron chi connectivity index (χ0n) is 11.3. The van der Waals surface area contributed by atoms with Gasteiger partial charge in [0.2, 0.25) is 5.91 Å². The van der Waals surface area contributed by atoms with Crippen LogP contribution in [0.3, 0.4) is 0 Å². The lowest BCUT2D eigenvalue weighted by Crippen LogP contribution is -2.47. The first-order chi connectivity index (χ1) is 8.37. The fraction of sp³-hybridized carbons (Fsp3) is 0.923. The molecule has 1 amide bonds. The Balaban J connectivity index is 1.87. The van der Waals surface area contributed by atoms with Crippen molar-refractivity contribution in [2.45, 2.75) is 63.3 Å².